The minimum atomic E-state index is -1.05. The highest BCUT2D eigenvalue weighted by molar-refractivity contribution is 7.17. The number of aryl methyl sites for hydroxylation is 2. The Balaban J connectivity index is 1.97. The Labute approximate surface area is 217 Å². The van der Waals surface area contributed by atoms with Crippen LogP contribution in [-0.2, 0) is 14.3 Å². The number of hydrogen-bond donors (Lipinski definition) is 1. The predicted molar refractivity (Wildman–Crippen MR) is 138 cm³/mol. The van der Waals surface area contributed by atoms with Crippen molar-refractivity contribution < 1.29 is 33.7 Å². The van der Waals surface area contributed by atoms with E-state index in [4.69, 9.17) is 14.2 Å². The Morgan fingerprint density at radius 1 is 1.11 bits per heavy atom. The molecule has 2 aromatic carbocycles. The van der Waals surface area contributed by atoms with Gasteiger partial charge in [-0.1, -0.05) is 29.5 Å². The van der Waals surface area contributed by atoms with Gasteiger partial charge in [-0.15, -0.1) is 0 Å². The molecule has 1 amide bonds. The molecule has 9 nitrogen and oxygen atoms in total. The molecule has 1 aliphatic heterocycles. The maximum absolute atomic E-state index is 13.5. The molecule has 10 heteroatoms. The largest absolute Gasteiger partial charge is 0.507 e. The number of Topliss-reactive ketones (excluding diaryl/α,β-unsaturated/α-hetero) is 1. The molecule has 0 radical (unpaired) electrons. The van der Waals surface area contributed by atoms with E-state index in [1.54, 1.807) is 49.4 Å². The highest BCUT2D eigenvalue weighted by atomic mass is 32.1. The van der Waals surface area contributed by atoms with Crippen LogP contribution in [0, 0.1) is 13.8 Å². The van der Waals surface area contributed by atoms with Crippen LogP contribution in [0.3, 0.4) is 0 Å². The van der Waals surface area contributed by atoms with Gasteiger partial charge in [0.2, 0.25) is 0 Å². The molecule has 1 saturated heterocycles. The summed E-state index contributed by atoms with van der Waals surface area (Å²) in [6, 6.07) is 10.9. The van der Waals surface area contributed by atoms with E-state index in [-0.39, 0.29) is 21.3 Å². The van der Waals surface area contributed by atoms with Gasteiger partial charge in [-0.25, -0.2) is 9.78 Å². The number of para-hydroxylation sites is 1. The zero-order valence-electron chi connectivity index (χ0n) is 21.0. The van der Waals surface area contributed by atoms with E-state index >= 15 is 0 Å². The second-order valence-corrected chi connectivity index (χ2v) is 9.20. The van der Waals surface area contributed by atoms with Crippen molar-refractivity contribution in [1.82, 2.24) is 4.98 Å². The van der Waals surface area contributed by atoms with Gasteiger partial charge >= 0.3 is 11.9 Å². The third kappa shape index (κ3) is 4.55. The van der Waals surface area contributed by atoms with Crippen LogP contribution in [0.2, 0.25) is 0 Å². The molecule has 0 bridgehead atoms. The molecule has 0 saturated carbocycles. The van der Waals surface area contributed by atoms with Crippen molar-refractivity contribution >= 4 is 39.9 Å². The number of benzene rings is 2. The average molecular weight is 523 g/mol. The molecule has 3 aromatic rings. The number of aliphatic hydroxyl groups excluding tert-OH is 1. The van der Waals surface area contributed by atoms with Crippen molar-refractivity contribution in [2.75, 3.05) is 25.7 Å². The van der Waals surface area contributed by atoms with Crippen molar-refractivity contribution in [3.63, 3.8) is 0 Å². The Morgan fingerprint density at radius 2 is 1.84 bits per heavy atom. The zero-order chi connectivity index (χ0) is 26.9. The first-order valence-corrected chi connectivity index (χ1v) is 12.3. The first kappa shape index (κ1) is 25.9. The molecule has 4 rings (SSSR count). The summed E-state index contributed by atoms with van der Waals surface area (Å²) in [6.07, 6.45) is 0. The van der Waals surface area contributed by atoms with Gasteiger partial charge < -0.3 is 19.3 Å². The summed E-state index contributed by atoms with van der Waals surface area (Å²) in [5, 5.41) is 11.5. The van der Waals surface area contributed by atoms with Gasteiger partial charge in [-0.05, 0) is 50.6 Å². The molecule has 2 heterocycles. The number of rotatable bonds is 7. The standard InChI is InChI=1S/C27H26N2O7S/c1-6-36-19-10-8-7-9-17(19)21-20(22(30)16-11-12-18(34-4)14(2)13-16)23(31)25(32)29(21)27-28-15(3)24(37-27)26(33)35-5/h7-13,21,30H,6H2,1-5H3. The summed E-state index contributed by atoms with van der Waals surface area (Å²) in [4.78, 5) is 45.0. The number of anilines is 1. The van der Waals surface area contributed by atoms with Crippen LogP contribution >= 0.6 is 11.3 Å². The summed E-state index contributed by atoms with van der Waals surface area (Å²) >= 11 is 0.935. The Bertz CT molecular complexity index is 1430. The minimum Gasteiger partial charge on any atom is -0.507 e. The van der Waals surface area contributed by atoms with E-state index in [2.05, 4.69) is 4.98 Å². The molecule has 1 fully saturated rings. The summed E-state index contributed by atoms with van der Waals surface area (Å²) < 4.78 is 15.9. The van der Waals surface area contributed by atoms with E-state index in [1.165, 1.54) is 19.1 Å². The third-order valence-corrected chi connectivity index (χ3v) is 7.13. The molecule has 1 N–H and O–H groups in total. The number of thiazole rings is 1. The van der Waals surface area contributed by atoms with E-state index in [9.17, 15) is 19.5 Å². The van der Waals surface area contributed by atoms with Gasteiger partial charge in [0.25, 0.3) is 5.78 Å². The average Bonchev–Trinajstić information content (AvgIpc) is 3.40. The van der Waals surface area contributed by atoms with Crippen LogP contribution in [0.4, 0.5) is 5.13 Å². The van der Waals surface area contributed by atoms with Crippen molar-refractivity contribution in [2.24, 2.45) is 0 Å². The molecule has 1 aromatic heterocycles. The number of aliphatic hydroxyl groups is 1. The maximum atomic E-state index is 13.5. The monoisotopic (exact) mass is 522 g/mol. The first-order chi connectivity index (χ1) is 17.7. The molecule has 0 aliphatic carbocycles. The van der Waals surface area contributed by atoms with Crippen molar-refractivity contribution in [2.45, 2.75) is 26.8 Å². The van der Waals surface area contributed by atoms with Crippen molar-refractivity contribution in [3.8, 4) is 11.5 Å². The van der Waals surface area contributed by atoms with Gasteiger partial charge in [0.05, 0.1) is 32.1 Å². The molecule has 1 unspecified atom stereocenters. The van der Waals surface area contributed by atoms with Gasteiger partial charge in [-0.3, -0.25) is 14.5 Å². The van der Waals surface area contributed by atoms with Crippen molar-refractivity contribution in [1.29, 1.82) is 0 Å². The molecular weight excluding hydrogens is 496 g/mol. The third-order valence-electron chi connectivity index (χ3n) is 5.99. The quantitative estimate of drug-likeness (QED) is 0.208. The topological polar surface area (TPSA) is 115 Å². The lowest BCUT2D eigenvalue weighted by molar-refractivity contribution is -0.132. The lowest BCUT2D eigenvalue weighted by Crippen LogP contribution is -2.29. The second-order valence-electron chi connectivity index (χ2n) is 8.23. The number of carbonyl (C=O) groups excluding carboxylic acids is 3. The number of hydrogen-bond acceptors (Lipinski definition) is 9. The highest BCUT2D eigenvalue weighted by Crippen LogP contribution is 2.46. The first-order valence-electron chi connectivity index (χ1n) is 11.5. The van der Waals surface area contributed by atoms with E-state index in [0.29, 0.717) is 34.9 Å². The van der Waals surface area contributed by atoms with E-state index < -0.39 is 23.7 Å². The summed E-state index contributed by atoms with van der Waals surface area (Å²) in [5.74, 6) is -1.64. The van der Waals surface area contributed by atoms with Gasteiger partial charge in [0, 0.05) is 11.1 Å². The predicted octanol–water partition coefficient (Wildman–Crippen LogP) is 4.58. The van der Waals surface area contributed by atoms with E-state index in [1.807, 2.05) is 13.8 Å². The number of carbonyl (C=O) groups is 3. The molecule has 37 heavy (non-hydrogen) atoms. The molecule has 1 aliphatic rings. The Kier molecular flexibility index (Phi) is 7.30. The second kappa shape index (κ2) is 10.4. The van der Waals surface area contributed by atoms with Crippen LogP contribution < -0.4 is 14.4 Å². The molecule has 0 spiro atoms. The summed E-state index contributed by atoms with van der Waals surface area (Å²) in [6.45, 7) is 5.59. The van der Waals surface area contributed by atoms with Crippen LogP contribution in [0.15, 0.2) is 48.0 Å². The van der Waals surface area contributed by atoms with Crippen LogP contribution in [0.5, 0.6) is 11.5 Å². The normalized spacial score (nSPS) is 16.7. The van der Waals surface area contributed by atoms with Crippen molar-refractivity contribution in [3.05, 3.63) is 75.3 Å². The smallest absolute Gasteiger partial charge is 0.350 e. The SMILES string of the molecule is CCOc1ccccc1C1C(=C(O)c2ccc(OC)c(C)c2)C(=O)C(=O)N1c1nc(C)c(C(=O)OC)s1. The fraction of sp³-hybridized carbons (Fsp3) is 0.259. The summed E-state index contributed by atoms with van der Waals surface area (Å²) in [7, 11) is 2.79. The molecule has 1 atom stereocenters. The lowest BCUT2D eigenvalue weighted by atomic mass is 9.94. The fourth-order valence-corrected chi connectivity index (χ4v) is 5.28. The van der Waals surface area contributed by atoms with Gasteiger partial charge in [0.1, 0.15) is 28.2 Å². The van der Waals surface area contributed by atoms with Crippen LogP contribution in [0.1, 0.15) is 45.0 Å². The number of aromatic nitrogens is 1. The van der Waals surface area contributed by atoms with Gasteiger partial charge in [0.15, 0.2) is 5.13 Å². The highest BCUT2D eigenvalue weighted by Gasteiger charge is 2.49. The maximum Gasteiger partial charge on any atom is 0.350 e. The number of amides is 1. The van der Waals surface area contributed by atoms with E-state index in [0.717, 1.165) is 16.9 Å². The minimum absolute atomic E-state index is 0.116. The number of nitrogens with zero attached hydrogens (tertiary/aromatic N) is 2. The molecule has 192 valence electrons. The molecular formula is C27H26N2O7S. The Hall–Kier alpha value is -4.18. The number of methoxy groups -OCH3 is 2. The van der Waals surface area contributed by atoms with Crippen LogP contribution in [-0.4, -0.2) is 48.6 Å². The summed E-state index contributed by atoms with van der Waals surface area (Å²) in [5.41, 5.74) is 1.82. The zero-order valence-corrected chi connectivity index (χ0v) is 21.8. The van der Waals surface area contributed by atoms with Crippen LogP contribution in [0.25, 0.3) is 5.76 Å². The number of ketones is 1. The number of ether oxygens (including phenoxy) is 3. The van der Waals surface area contributed by atoms with Gasteiger partial charge in [-0.2, -0.15) is 0 Å². The Morgan fingerprint density at radius 3 is 2.49 bits per heavy atom. The lowest BCUT2D eigenvalue weighted by Gasteiger charge is -2.24. The fourth-order valence-electron chi connectivity index (χ4n) is 4.27. The number of esters is 1.